The van der Waals surface area contributed by atoms with Gasteiger partial charge >= 0.3 is 0 Å². The van der Waals surface area contributed by atoms with E-state index >= 15 is 0 Å². The molecule has 3 fully saturated rings. The van der Waals surface area contributed by atoms with Crippen molar-refractivity contribution >= 4 is 11.5 Å². The molecular weight excluding hydrogens is 384 g/mol. The summed E-state index contributed by atoms with van der Waals surface area (Å²) >= 11 is 0. The maximum Gasteiger partial charge on any atom is 0.222 e. The van der Waals surface area contributed by atoms with Crippen LogP contribution in [-0.4, -0.2) is 36.0 Å². The van der Waals surface area contributed by atoms with E-state index in [0.717, 1.165) is 30.6 Å². The minimum absolute atomic E-state index is 0.230. The number of nitrogens with zero attached hydrogens (tertiary/aromatic N) is 2. The Balaban J connectivity index is 1.42. The van der Waals surface area contributed by atoms with Gasteiger partial charge in [0, 0.05) is 26.2 Å². The van der Waals surface area contributed by atoms with Crippen LogP contribution >= 0.6 is 0 Å². The molecule has 1 amide bonds. The molecule has 0 aromatic carbocycles. The summed E-state index contributed by atoms with van der Waals surface area (Å²) in [6.07, 6.45) is 14.5. The highest BCUT2D eigenvalue weighted by molar-refractivity contribution is 5.76. The lowest BCUT2D eigenvalue weighted by molar-refractivity contribution is -0.131. The molecule has 1 aliphatic heterocycles. The third kappa shape index (κ3) is 3.24. The van der Waals surface area contributed by atoms with E-state index in [1.54, 1.807) is 0 Å². The Labute approximate surface area is 187 Å². The number of carbonyl (C=O) groups is 1. The molecule has 0 radical (unpaired) electrons. The second-order valence-electron chi connectivity index (χ2n) is 11.1. The van der Waals surface area contributed by atoms with E-state index in [1.165, 1.54) is 49.7 Å². The summed E-state index contributed by atoms with van der Waals surface area (Å²) in [6, 6.07) is 2.19. The van der Waals surface area contributed by atoms with Crippen molar-refractivity contribution < 1.29 is 9.53 Å². The summed E-state index contributed by atoms with van der Waals surface area (Å²) in [5, 5.41) is 0. The van der Waals surface area contributed by atoms with Gasteiger partial charge in [0.05, 0.1) is 12.8 Å². The smallest absolute Gasteiger partial charge is 0.222 e. The lowest BCUT2D eigenvalue weighted by Crippen LogP contribution is -2.51. The summed E-state index contributed by atoms with van der Waals surface area (Å²) < 4.78 is 5.74. The number of aromatic nitrogens is 1. The Hall–Kier alpha value is -1.84. The van der Waals surface area contributed by atoms with Gasteiger partial charge in [0.25, 0.3) is 0 Å². The second kappa shape index (κ2) is 7.64. The van der Waals surface area contributed by atoms with E-state index in [4.69, 9.17) is 4.74 Å². The van der Waals surface area contributed by atoms with Crippen LogP contribution in [0.2, 0.25) is 0 Å². The van der Waals surface area contributed by atoms with E-state index in [0.29, 0.717) is 29.8 Å². The molecule has 0 bridgehead atoms. The first-order chi connectivity index (χ1) is 14.9. The summed E-state index contributed by atoms with van der Waals surface area (Å²) in [6.45, 7) is 8.67. The van der Waals surface area contributed by atoms with Crippen LogP contribution in [0.3, 0.4) is 0 Å². The van der Waals surface area contributed by atoms with Crippen molar-refractivity contribution in [3.63, 3.8) is 0 Å². The first kappa shape index (κ1) is 21.0. The number of fused-ring (bicyclic) bond motifs is 5. The maximum absolute atomic E-state index is 12.6. The Bertz CT molecular complexity index is 895. The highest BCUT2D eigenvalue weighted by Gasteiger charge is 2.58. The second-order valence-corrected chi connectivity index (χ2v) is 11.1. The molecule has 1 saturated heterocycles. The van der Waals surface area contributed by atoms with Gasteiger partial charge in [-0.2, -0.15) is 0 Å². The molecule has 0 N–H and O–H groups in total. The Morgan fingerprint density at radius 1 is 1.16 bits per heavy atom. The van der Waals surface area contributed by atoms with Gasteiger partial charge in [0.1, 0.15) is 5.75 Å². The zero-order valence-corrected chi connectivity index (χ0v) is 19.7. The van der Waals surface area contributed by atoms with Crippen molar-refractivity contribution in [1.82, 2.24) is 9.88 Å². The molecule has 168 valence electrons. The predicted molar refractivity (Wildman–Crippen MR) is 124 cm³/mol. The fraction of sp³-hybridized carbons (Fsp3) is 0.704. The number of allylic oxidation sites excluding steroid dienone is 2. The van der Waals surface area contributed by atoms with Gasteiger partial charge in [-0.3, -0.25) is 9.78 Å². The van der Waals surface area contributed by atoms with Crippen molar-refractivity contribution in [2.45, 2.75) is 65.7 Å². The van der Waals surface area contributed by atoms with Gasteiger partial charge in [-0.25, -0.2) is 0 Å². The first-order valence-corrected chi connectivity index (χ1v) is 12.4. The van der Waals surface area contributed by atoms with Gasteiger partial charge in [0.2, 0.25) is 5.91 Å². The fourth-order valence-electron chi connectivity index (χ4n) is 7.99. The lowest BCUT2D eigenvalue weighted by atomic mass is 9.46. The van der Waals surface area contributed by atoms with Crippen molar-refractivity contribution in [1.29, 1.82) is 0 Å². The number of ether oxygens (including phenoxy) is 1. The monoisotopic (exact) mass is 422 g/mol. The molecule has 0 spiro atoms. The van der Waals surface area contributed by atoms with Crippen LogP contribution in [0.15, 0.2) is 24.5 Å². The SMILES string of the molecule is CCOc1cncc(C2=CC[C@H]3[C@@H]4CC[C@H]5CC(=O)N(C)CC[C@]5(C)[C@H]4CC[C@]23C)c1. The molecule has 2 saturated carbocycles. The largest absolute Gasteiger partial charge is 0.492 e. The van der Waals surface area contributed by atoms with Crippen molar-refractivity contribution in [2.75, 3.05) is 20.2 Å². The molecule has 4 aliphatic rings. The van der Waals surface area contributed by atoms with Crippen molar-refractivity contribution in [3.05, 3.63) is 30.1 Å². The Morgan fingerprint density at radius 2 is 2.00 bits per heavy atom. The lowest BCUT2D eigenvalue weighted by Gasteiger charge is -2.58. The standard InChI is InChI=1S/C27H38N2O2/c1-5-31-20-14-18(16-28-17-20)22-8-9-23-21-7-6-19-15-25(30)29(4)13-12-26(19,2)24(21)10-11-27(22,23)3/h8,14,16-17,19,21,23-24H,5-7,9-13,15H2,1-4H3/t19-,21-,23-,24-,26-,27+/m0/s1. The zero-order valence-electron chi connectivity index (χ0n) is 19.7. The molecule has 2 heterocycles. The van der Waals surface area contributed by atoms with Crippen LogP contribution in [0, 0.1) is 34.5 Å². The predicted octanol–water partition coefficient (Wildman–Crippen LogP) is 5.58. The number of pyridine rings is 1. The molecule has 31 heavy (non-hydrogen) atoms. The molecule has 1 aromatic heterocycles. The maximum atomic E-state index is 12.6. The summed E-state index contributed by atoms with van der Waals surface area (Å²) in [7, 11) is 2.00. The van der Waals surface area contributed by atoms with E-state index < -0.39 is 0 Å². The molecule has 6 atom stereocenters. The number of amides is 1. The van der Waals surface area contributed by atoms with Gasteiger partial charge in [-0.15, -0.1) is 0 Å². The highest BCUT2D eigenvalue weighted by atomic mass is 16.5. The average molecular weight is 423 g/mol. The summed E-state index contributed by atoms with van der Waals surface area (Å²) in [5.74, 6) is 4.05. The van der Waals surface area contributed by atoms with Crippen LogP contribution in [-0.2, 0) is 4.79 Å². The molecular formula is C27H38N2O2. The highest BCUT2D eigenvalue weighted by Crippen LogP contribution is 2.66. The number of hydrogen-bond donors (Lipinski definition) is 0. The molecule has 0 unspecified atom stereocenters. The fourth-order valence-corrected chi connectivity index (χ4v) is 7.99. The summed E-state index contributed by atoms with van der Waals surface area (Å²) in [4.78, 5) is 19.1. The number of carbonyl (C=O) groups excluding carboxylic acids is 1. The van der Waals surface area contributed by atoms with Crippen LogP contribution in [0.4, 0.5) is 0 Å². The molecule has 5 rings (SSSR count). The normalized spacial score (nSPS) is 39.8. The van der Waals surface area contributed by atoms with Crippen LogP contribution in [0.1, 0.15) is 71.3 Å². The van der Waals surface area contributed by atoms with Crippen molar-refractivity contribution in [2.24, 2.45) is 34.5 Å². The van der Waals surface area contributed by atoms with Gasteiger partial charge in [0.15, 0.2) is 0 Å². The minimum atomic E-state index is 0.230. The van der Waals surface area contributed by atoms with Crippen LogP contribution < -0.4 is 4.74 Å². The Morgan fingerprint density at radius 3 is 2.81 bits per heavy atom. The number of likely N-dealkylation sites (tertiary alicyclic amines) is 1. The third-order valence-electron chi connectivity index (χ3n) is 9.81. The third-order valence-corrected chi connectivity index (χ3v) is 9.81. The Kier molecular flexibility index (Phi) is 5.18. The zero-order chi connectivity index (χ0) is 21.8. The van der Waals surface area contributed by atoms with Gasteiger partial charge in [-0.05, 0) is 97.2 Å². The topological polar surface area (TPSA) is 42.4 Å². The first-order valence-electron chi connectivity index (χ1n) is 12.4. The minimum Gasteiger partial charge on any atom is -0.492 e. The molecule has 4 nitrogen and oxygen atoms in total. The molecule has 3 aliphatic carbocycles. The quantitative estimate of drug-likeness (QED) is 0.638. The summed E-state index contributed by atoms with van der Waals surface area (Å²) in [5.41, 5.74) is 3.28. The molecule has 1 aromatic rings. The number of hydrogen-bond acceptors (Lipinski definition) is 3. The van der Waals surface area contributed by atoms with E-state index in [9.17, 15) is 4.79 Å². The number of rotatable bonds is 3. The van der Waals surface area contributed by atoms with Gasteiger partial charge < -0.3 is 9.64 Å². The van der Waals surface area contributed by atoms with Gasteiger partial charge in [-0.1, -0.05) is 19.9 Å². The van der Waals surface area contributed by atoms with Crippen molar-refractivity contribution in [3.8, 4) is 5.75 Å². The van der Waals surface area contributed by atoms with Crippen LogP contribution in [0.25, 0.3) is 5.57 Å². The average Bonchev–Trinajstić information content (AvgIpc) is 3.06. The van der Waals surface area contributed by atoms with E-state index in [2.05, 4.69) is 31.0 Å². The van der Waals surface area contributed by atoms with E-state index in [1.807, 2.05) is 31.3 Å². The van der Waals surface area contributed by atoms with E-state index in [-0.39, 0.29) is 5.41 Å². The molecule has 4 heteroatoms. The van der Waals surface area contributed by atoms with Crippen LogP contribution in [0.5, 0.6) is 5.75 Å².